The maximum Gasteiger partial charge on any atom is 0.151 e. The van der Waals surface area contributed by atoms with Crippen LogP contribution in [0.3, 0.4) is 0 Å². The number of rotatable bonds is 6. The zero-order chi connectivity index (χ0) is 15.6. The van der Waals surface area contributed by atoms with E-state index in [2.05, 4.69) is 56.6 Å². The maximum absolute atomic E-state index is 4.39. The number of anilines is 1. The second-order valence-electron chi connectivity index (χ2n) is 6.77. The Morgan fingerprint density at radius 1 is 1.13 bits per heavy atom. The van der Waals surface area contributed by atoms with Crippen LogP contribution in [0, 0.1) is 5.92 Å². The van der Waals surface area contributed by atoms with E-state index in [1.165, 1.54) is 24.1 Å². The molecule has 2 aromatic heterocycles. The fraction of sp³-hybridized carbons (Fsp3) is 0.500. The van der Waals surface area contributed by atoms with Gasteiger partial charge in [0.05, 0.1) is 5.69 Å². The normalized spacial score (nSPS) is 19.4. The fourth-order valence-electron chi connectivity index (χ4n) is 3.10. The van der Waals surface area contributed by atoms with E-state index in [1.807, 2.05) is 12.4 Å². The van der Waals surface area contributed by atoms with Gasteiger partial charge in [0.1, 0.15) is 0 Å². The Morgan fingerprint density at radius 2 is 1.91 bits per heavy atom. The summed E-state index contributed by atoms with van der Waals surface area (Å²) in [5, 5.41) is 12.4. The molecule has 1 atom stereocenters. The Labute approximate surface area is 137 Å². The highest BCUT2D eigenvalue weighted by atomic mass is 15.3. The van der Waals surface area contributed by atoms with Crippen LogP contribution in [0.15, 0.2) is 36.7 Å². The molecule has 23 heavy (non-hydrogen) atoms. The molecule has 0 spiro atoms. The Hall–Kier alpha value is -2.01. The van der Waals surface area contributed by atoms with Gasteiger partial charge in [-0.3, -0.25) is 4.98 Å². The molecule has 0 aromatic carbocycles. The van der Waals surface area contributed by atoms with Gasteiger partial charge in [0.15, 0.2) is 5.82 Å². The van der Waals surface area contributed by atoms with Gasteiger partial charge in [0, 0.05) is 49.9 Å². The average Bonchev–Trinajstić information content (AvgIpc) is 3.39. The Bertz CT molecular complexity index is 632. The summed E-state index contributed by atoms with van der Waals surface area (Å²) in [6, 6.07) is 8.79. The minimum atomic E-state index is 0.365. The first-order valence-corrected chi connectivity index (χ1v) is 8.51. The lowest BCUT2D eigenvalue weighted by Gasteiger charge is -2.40. The van der Waals surface area contributed by atoms with Crippen LogP contribution in [0.4, 0.5) is 5.82 Å². The third kappa shape index (κ3) is 3.34. The lowest BCUT2D eigenvalue weighted by Crippen LogP contribution is -2.51. The minimum Gasteiger partial charge on any atom is -0.354 e. The summed E-state index contributed by atoms with van der Waals surface area (Å²) in [7, 11) is 0. The van der Waals surface area contributed by atoms with Gasteiger partial charge < -0.3 is 10.2 Å². The molecule has 0 radical (unpaired) electrons. The van der Waals surface area contributed by atoms with Crippen LogP contribution in [0.2, 0.25) is 0 Å². The van der Waals surface area contributed by atoms with Gasteiger partial charge in [-0.1, -0.05) is 0 Å². The molecule has 2 fully saturated rings. The first-order valence-electron chi connectivity index (χ1n) is 8.51. The van der Waals surface area contributed by atoms with Crippen molar-refractivity contribution in [3.8, 4) is 0 Å². The molecule has 1 N–H and O–H groups in total. The molecule has 1 saturated carbocycles. The van der Waals surface area contributed by atoms with Crippen LogP contribution in [0.5, 0.6) is 0 Å². The van der Waals surface area contributed by atoms with Gasteiger partial charge in [0.2, 0.25) is 0 Å². The summed E-state index contributed by atoms with van der Waals surface area (Å²) in [5.74, 6) is 2.39. The van der Waals surface area contributed by atoms with E-state index in [0.29, 0.717) is 17.9 Å². The summed E-state index contributed by atoms with van der Waals surface area (Å²) >= 11 is 0. The molecule has 0 amide bonds. The van der Waals surface area contributed by atoms with Crippen molar-refractivity contribution >= 4 is 5.82 Å². The number of aromatic nitrogens is 3. The summed E-state index contributed by atoms with van der Waals surface area (Å²) < 4.78 is 0. The van der Waals surface area contributed by atoms with E-state index >= 15 is 0 Å². The highest BCUT2D eigenvalue weighted by Crippen LogP contribution is 2.38. The lowest BCUT2D eigenvalue weighted by molar-refractivity contribution is 0.366. The lowest BCUT2D eigenvalue weighted by atomic mass is 9.99. The smallest absolute Gasteiger partial charge is 0.151 e. The van der Waals surface area contributed by atoms with Crippen LogP contribution >= 0.6 is 0 Å². The van der Waals surface area contributed by atoms with E-state index in [4.69, 9.17) is 0 Å². The highest BCUT2D eigenvalue weighted by Gasteiger charge is 2.29. The van der Waals surface area contributed by atoms with Crippen molar-refractivity contribution in [1.82, 2.24) is 20.5 Å². The minimum absolute atomic E-state index is 0.365. The molecule has 1 aliphatic carbocycles. The van der Waals surface area contributed by atoms with Gasteiger partial charge in [0.25, 0.3) is 0 Å². The zero-order valence-corrected chi connectivity index (χ0v) is 13.5. The largest absolute Gasteiger partial charge is 0.354 e. The van der Waals surface area contributed by atoms with Crippen LogP contribution in [0.25, 0.3) is 0 Å². The van der Waals surface area contributed by atoms with Crippen molar-refractivity contribution in [3.63, 3.8) is 0 Å². The van der Waals surface area contributed by atoms with E-state index in [0.717, 1.165) is 25.5 Å². The molecule has 120 valence electrons. The van der Waals surface area contributed by atoms with Crippen molar-refractivity contribution in [3.05, 3.63) is 47.9 Å². The quantitative estimate of drug-likeness (QED) is 0.888. The Kier molecular flexibility index (Phi) is 3.95. The summed E-state index contributed by atoms with van der Waals surface area (Å²) in [4.78, 5) is 6.38. The van der Waals surface area contributed by atoms with E-state index in [9.17, 15) is 0 Å². The molecule has 2 aromatic rings. The van der Waals surface area contributed by atoms with Crippen LogP contribution < -0.4 is 10.2 Å². The predicted molar refractivity (Wildman–Crippen MR) is 90.4 cm³/mol. The Morgan fingerprint density at radius 3 is 2.57 bits per heavy atom. The molecule has 1 aliphatic heterocycles. The maximum atomic E-state index is 4.39. The SMILES string of the molecule is CC(NCC1CN(c2ccc(C3CC3)nn2)C1)c1ccncc1. The van der Waals surface area contributed by atoms with Gasteiger partial charge in [-0.15, -0.1) is 5.10 Å². The van der Waals surface area contributed by atoms with E-state index in [-0.39, 0.29) is 0 Å². The summed E-state index contributed by atoms with van der Waals surface area (Å²) in [6.07, 6.45) is 6.26. The van der Waals surface area contributed by atoms with Crippen LogP contribution in [-0.4, -0.2) is 34.8 Å². The number of hydrogen-bond acceptors (Lipinski definition) is 5. The highest BCUT2D eigenvalue weighted by molar-refractivity contribution is 5.41. The van der Waals surface area contributed by atoms with Crippen LogP contribution in [-0.2, 0) is 0 Å². The first kappa shape index (κ1) is 14.6. The third-order valence-electron chi connectivity index (χ3n) is 4.87. The number of hydrogen-bond donors (Lipinski definition) is 1. The van der Waals surface area contributed by atoms with Gasteiger partial charge >= 0.3 is 0 Å². The zero-order valence-electron chi connectivity index (χ0n) is 13.5. The van der Waals surface area contributed by atoms with Gasteiger partial charge in [-0.2, -0.15) is 5.10 Å². The topological polar surface area (TPSA) is 53.9 Å². The van der Waals surface area contributed by atoms with Crippen molar-refractivity contribution in [1.29, 1.82) is 0 Å². The molecule has 0 bridgehead atoms. The van der Waals surface area contributed by atoms with Crippen molar-refractivity contribution in [2.24, 2.45) is 5.92 Å². The van der Waals surface area contributed by atoms with Crippen molar-refractivity contribution in [2.45, 2.75) is 31.7 Å². The molecule has 2 aliphatic rings. The van der Waals surface area contributed by atoms with Gasteiger partial charge in [-0.05, 0) is 49.6 Å². The standard InChI is InChI=1S/C18H23N5/c1-13(15-6-8-19-9-7-15)20-10-14-11-23(12-14)18-5-4-17(21-22-18)16-2-3-16/h4-9,13-14,16,20H,2-3,10-12H2,1H3. The summed E-state index contributed by atoms with van der Waals surface area (Å²) in [6.45, 7) is 5.36. The molecular weight excluding hydrogens is 286 g/mol. The second-order valence-corrected chi connectivity index (χ2v) is 6.77. The number of pyridine rings is 1. The van der Waals surface area contributed by atoms with E-state index in [1.54, 1.807) is 0 Å². The number of nitrogens with one attached hydrogen (secondary N) is 1. The molecule has 1 saturated heterocycles. The molecule has 1 unspecified atom stereocenters. The molecule has 4 rings (SSSR count). The third-order valence-corrected chi connectivity index (χ3v) is 4.87. The molecular formula is C18H23N5. The monoisotopic (exact) mass is 309 g/mol. The summed E-state index contributed by atoms with van der Waals surface area (Å²) in [5.41, 5.74) is 2.45. The first-order chi connectivity index (χ1) is 11.3. The average molecular weight is 309 g/mol. The van der Waals surface area contributed by atoms with Crippen LogP contribution in [0.1, 0.15) is 43.0 Å². The predicted octanol–water partition coefficient (Wildman–Crippen LogP) is 2.54. The van der Waals surface area contributed by atoms with Crippen molar-refractivity contribution in [2.75, 3.05) is 24.5 Å². The Balaban J connectivity index is 1.23. The molecule has 5 nitrogen and oxygen atoms in total. The number of nitrogens with zero attached hydrogens (tertiary/aromatic N) is 4. The van der Waals surface area contributed by atoms with E-state index < -0.39 is 0 Å². The second kappa shape index (κ2) is 6.24. The fourth-order valence-corrected chi connectivity index (χ4v) is 3.10. The molecule has 5 heteroatoms. The van der Waals surface area contributed by atoms with Gasteiger partial charge in [-0.25, -0.2) is 0 Å². The van der Waals surface area contributed by atoms with Crippen molar-refractivity contribution < 1.29 is 0 Å². The molecule has 3 heterocycles.